The first-order chi connectivity index (χ1) is 12.2. The summed E-state index contributed by atoms with van der Waals surface area (Å²) in [6.07, 6.45) is 0. The standard InChI is InChI=1S/C19H25N3O3S/c1-14(2)13-20-16-7-9-17(10-8-16)21-19(23)15-5-11-18(12-6-15)26(24,25)22(3)4/h5-12,14,20H,13H2,1-4H3,(H,21,23). The fourth-order valence-electron chi connectivity index (χ4n) is 2.19. The maximum atomic E-state index is 12.3. The Hall–Kier alpha value is -2.38. The van der Waals surface area contributed by atoms with Crippen LogP contribution in [-0.2, 0) is 10.0 Å². The summed E-state index contributed by atoms with van der Waals surface area (Å²) in [7, 11) is -0.564. The third kappa shape index (κ3) is 5.06. The van der Waals surface area contributed by atoms with Gasteiger partial charge in [0.2, 0.25) is 10.0 Å². The van der Waals surface area contributed by atoms with Gasteiger partial charge in [-0.1, -0.05) is 13.8 Å². The van der Waals surface area contributed by atoms with Crippen LogP contribution in [0.1, 0.15) is 24.2 Å². The molecule has 0 unspecified atom stereocenters. The Balaban J connectivity index is 2.03. The quantitative estimate of drug-likeness (QED) is 0.779. The second kappa shape index (κ2) is 8.33. The Morgan fingerprint density at radius 2 is 1.50 bits per heavy atom. The fraction of sp³-hybridized carbons (Fsp3) is 0.316. The molecule has 0 heterocycles. The van der Waals surface area contributed by atoms with Crippen LogP contribution in [0.4, 0.5) is 11.4 Å². The molecule has 0 fully saturated rings. The van der Waals surface area contributed by atoms with Crippen molar-refractivity contribution in [2.24, 2.45) is 5.92 Å². The van der Waals surface area contributed by atoms with Gasteiger partial charge in [-0.05, 0) is 54.4 Å². The van der Waals surface area contributed by atoms with E-state index in [2.05, 4.69) is 24.5 Å². The van der Waals surface area contributed by atoms with E-state index in [0.29, 0.717) is 17.2 Å². The number of hydrogen-bond donors (Lipinski definition) is 2. The molecule has 1 amide bonds. The summed E-state index contributed by atoms with van der Waals surface area (Å²) in [4.78, 5) is 12.5. The molecule has 7 heteroatoms. The Kier molecular flexibility index (Phi) is 6.39. The summed E-state index contributed by atoms with van der Waals surface area (Å²) in [5, 5.41) is 6.12. The van der Waals surface area contributed by atoms with Crippen molar-refractivity contribution in [1.29, 1.82) is 0 Å². The van der Waals surface area contributed by atoms with Gasteiger partial charge in [-0.25, -0.2) is 12.7 Å². The van der Waals surface area contributed by atoms with E-state index < -0.39 is 10.0 Å². The predicted octanol–water partition coefficient (Wildman–Crippen LogP) is 3.26. The van der Waals surface area contributed by atoms with Crippen LogP contribution in [0.3, 0.4) is 0 Å². The van der Waals surface area contributed by atoms with Crippen LogP contribution in [0.5, 0.6) is 0 Å². The molecule has 0 saturated carbocycles. The van der Waals surface area contributed by atoms with Gasteiger partial charge in [-0.3, -0.25) is 4.79 Å². The zero-order valence-electron chi connectivity index (χ0n) is 15.5. The molecule has 2 rings (SSSR count). The number of nitrogens with zero attached hydrogens (tertiary/aromatic N) is 1. The van der Waals surface area contributed by atoms with Crippen molar-refractivity contribution in [2.75, 3.05) is 31.3 Å². The number of carbonyl (C=O) groups is 1. The summed E-state index contributed by atoms with van der Waals surface area (Å²) in [6.45, 7) is 5.15. The van der Waals surface area contributed by atoms with Crippen LogP contribution in [0.25, 0.3) is 0 Å². The highest BCUT2D eigenvalue weighted by molar-refractivity contribution is 7.89. The first-order valence-corrected chi connectivity index (χ1v) is 9.82. The summed E-state index contributed by atoms with van der Waals surface area (Å²) in [5.41, 5.74) is 2.06. The van der Waals surface area contributed by atoms with Crippen LogP contribution in [-0.4, -0.2) is 39.3 Å². The van der Waals surface area contributed by atoms with Crippen molar-refractivity contribution in [1.82, 2.24) is 4.31 Å². The number of sulfonamides is 1. The Morgan fingerprint density at radius 1 is 0.962 bits per heavy atom. The normalized spacial score (nSPS) is 11.6. The zero-order chi connectivity index (χ0) is 19.3. The van der Waals surface area contributed by atoms with Crippen LogP contribution in [0.15, 0.2) is 53.4 Å². The van der Waals surface area contributed by atoms with E-state index in [9.17, 15) is 13.2 Å². The van der Waals surface area contributed by atoms with Gasteiger partial charge in [0.05, 0.1) is 4.90 Å². The van der Waals surface area contributed by atoms with Crippen LogP contribution in [0.2, 0.25) is 0 Å². The lowest BCUT2D eigenvalue weighted by atomic mass is 10.2. The highest BCUT2D eigenvalue weighted by atomic mass is 32.2. The fourth-order valence-corrected chi connectivity index (χ4v) is 3.09. The van der Waals surface area contributed by atoms with Gasteiger partial charge >= 0.3 is 0 Å². The molecular formula is C19H25N3O3S. The van der Waals surface area contributed by atoms with Gasteiger partial charge in [0.1, 0.15) is 0 Å². The largest absolute Gasteiger partial charge is 0.385 e. The third-order valence-corrected chi connectivity index (χ3v) is 5.58. The smallest absolute Gasteiger partial charge is 0.255 e. The molecule has 0 spiro atoms. The number of benzene rings is 2. The van der Waals surface area contributed by atoms with Crippen molar-refractivity contribution in [2.45, 2.75) is 18.7 Å². The van der Waals surface area contributed by atoms with Gasteiger partial charge in [0, 0.05) is 37.6 Å². The Morgan fingerprint density at radius 3 is 2.00 bits per heavy atom. The van der Waals surface area contributed by atoms with Crippen molar-refractivity contribution >= 4 is 27.3 Å². The average molecular weight is 375 g/mol. The predicted molar refractivity (Wildman–Crippen MR) is 105 cm³/mol. The minimum Gasteiger partial charge on any atom is -0.385 e. The second-order valence-electron chi connectivity index (χ2n) is 6.62. The molecule has 6 nitrogen and oxygen atoms in total. The minimum atomic E-state index is -3.50. The number of hydrogen-bond acceptors (Lipinski definition) is 4. The molecule has 0 atom stereocenters. The number of nitrogens with one attached hydrogen (secondary N) is 2. The van der Waals surface area contributed by atoms with Crippen molar-refractivity contribution in [3.05, 3.63) is 54.1 Å². The lowest BCUT2D eigenvalue weighted by Gasteiger charge is -2.12. The molecule has 0 aromatic heterocycles. The van der Waals surface area contributed by atoms with E-state index in [-0.39, 0.29) is 10.8 Å². The first-order valence-electron chi connectivity index (χ1n) is 8.38. The molecule has 2 aromatic carbocycles. The number of rotatable bonds is 7. The monoisotopic (exact) mass is 375 g/mol. The van der Waals surface area contributed by atoms with E-state index in [1.165, 1.54) is 38.4 Å². The van der Waals surface area contributed by atoms with Gasteiger partial charge < -0.3 is 10.6 Å². The van der Waals surface area contributed by atoms with Gasteiger partial charge in [-0.2, -0.15) is 0 Å². The van der Waals surface area contributed by atoms with Crippen LogP contribution < -0.4 is 10.6 Å². The topological polar surface area (TPSA) is 78.5 Å². The van der Waals surface area contributed by atoms with E-state index in [0.717, 1.165) is 16.5 Å². The highest BCUT2D eigenvalue weighted by Crippen LogP contribution is 2.17. The maximum Gasteiger partial charge on any atom is 0.255 e. The molecule has 26 heavy (non-hydrogen) atoms. The molecule has 0 aliphatic heterocycles. The number of amides is 1. The summed E-state index contributed by atoms with van der Waals surface area (Å²) in [6, 6.07) is 13.3. The lowest BCUT2D eigenvalue weighted by molar-refractivity contribution is 0.102. The average Bonchev–Trinajstić information content (AvgIpc) is 2.61. The zero-order valence-corrected chi connectivity index (χ0v) is 16.3. The number of anilines is 2. The highest BCUT2D eigenvalue weighted by Gasteiger charge is 2.17. The van der Waals surface area contributed by atoms with Gasteiger partial charge in [0.25, 0.3) is 5.91 Å². The van der Waals surface area contributed by atoms with E-state index >= 15 is 0 Å². The molecule has 0 bridgehead atoms. The molecule has 0 radical (unpaired) electrons. The molecule has 2 N–H and O–H groups in total. The molecule has 2 aromatic rings. The molecule has 0 aliphatic rings. The van der Waals surface area contributed by atoms with Crippen molar-refractivity contribution in [3.8, 4) is 0 Å². The summed E-state index contributed by atoms with van der Waals surface area (Å²) in [5.74, 6) is 0.260. The summed E-state index contributed by atoms with van der Waals surface area (Å²) >= 11 is 0. The van der Waals surface area contributed by atoms with Crippen LogP contribution >= 0.6 is 0 Å². The third-order valence-electron chi connectivity index (χ3n) is 3.75. The SMILES string of the molecule is CC(C)CNc1ccc(NC(=O)c2ccc(S(=O)(=O)N(C)C)cc2)cc1. The molecule has 140 valence electrons. The van der Waals surface area contributed by atoms with E-state index in [1.807, 2.05) is 24.3 Å². The minimum absolute atomic E-state index is 0.152. The Labute approximate surface area is 155 Å². The molecular weight excluding hydrogens is 350 g/mol. The molecule has 0 aliphatic carbocycles. The van der Waals surface area contributed by atoms with Crippen molar-refractivity contribution < 1.29 is 13.2 Å². The maximum absolute atomic E-state index is 12.3. The van der Waals surface area contributed by atoms with E-state index in [1.54, 1.807) is 0 Å². The van der Waals surface area contributed by atoms with Gasteiger partial charge in [0.15, 0.2) is 0 Å². The summed E-state index contributed by atoms with van der Waals surface area (Å²) < 4.78 is 25.2. The first kappa shape index (κ1) is 19.9. The van der Waals surface area contributed by atoms with Crippen LogP contribution in [0, 0.1) is 5.92 Å². The Bertz CT molecular complexity index is 843. The van der Waals surface area contributed by atoms with Gasteiger partial charge in [-0.15, -0.1) is 0 Å². The second-order valence-corrected chi connectivity index (χ2v) is 8.77. The van der Waals surface area contributed by atoms with E-state index in [4.69, 9.17) is 0 Å². The lowest BCUT2D eigenvalue weighted by Crippen LogP contribution is -2.22. The van der Waals surface area contributed by atoms with Crippen molar-refractivity contribution in [3.63, 3.8) is 0 Å². The number of carbonyl (C=O) groups excluding carboxylic acids is 1. The molecule has 0 saturated heterocycles.